The Labute approximate surface area is 160 Å². The van der Waals surface area contributed by atoms with E-state index in [0.29, 0.717) is 25.8 Å². The van der Waals surface area contributed by atoms with Crippen molar-refractivity contribution in [3.63, 3.8) is 0 Å². The second kappa shape index (κ2) is 8.19. The second-order valence-corrected chi connectivity index (χ2v) is 8.73. The number of carbonyl (C=O) groups is 1. The summed E-state index contributed by atoms with van der Waals surface area (Å²) in [7, 11) is -3.71. The van der Waals surface area contributed by atoms with E-state index in [2.05, 4.69) is 4.98 Å². The molecule has 0 aliphatic carbocycles. The molecular formula is C20H24N2O4S. The fourth-order valence-electron chi connectivity index (χ4n) is 3.60. The number of piperidine rings is 1. The lowest BCUT2D eigenvalue weighted by molar-refractivity contribution is -0.157. The van der Waals surface area contributed by atoms with E-state index in [1.165, 1.54) is 22.8 Å². The van der Waals surface area contributed by atoms with Gasteiger partial charge in [-0.3, -0.25) is 9.78 Å². The van der Waals surface area contributed by atoms with Gasteiger partial charge in [0.15, 0.2) is 0 Å². The zero-order chi connectivity index (χ0) is 19.3. The maximum atomic E-state index is 13.0. The minimum atomic E-state index is -3.71. The molecule has 0 spiro atoms. The van der Waals surface area contributed by atoms with Crippen molar-refractivity contribution in [2.75, 3.05) is 19.7 Å². The number of carbonyl (C=O) groups excluding carboxylic acids is 1. The third-order valence-corrected chi connectivity index (χ3v) is 6.74. The van der Waals surface area contributed by atoms with E-state index in [0.717, 1.165) is 5.56 Å². The number of esters is 1. The topological polar surface area (TPSA) is 76.6 Å². The summed E-state index contributed by atoms with van der Waals surface area (Å²) < 4.78 is 32.8. The molecule has 0 amide bonds. The van der Waals surface area contributed by atoms with Gasteiger partial charge in [-0.25, -0.2) is 8.42 Å². The van der Waals surface area contributed by atoms with Gasteiger partial charge < -0.3 is 4.74 Å². The third kappa shape index (κ3) is 4.20. The second-order valence-electron chi connectivity index (χ2n) is 6.79. The lowest BCUT2D eigenvalue weighted by Crippen LogP contribution is -2.51. The maximum Gasteiger partial charge on any atom is 0.313 e. The van der Waals surface area contributed by atoms with Gasteiger partial charge in [0.05, 0.1) is 12.0 Å². The van der Waals surface area contributed by atoms with Gasteiger partial charge in [0.1, 0.15) is 4.90 Å². The lowest BCUT2D eigenvalue weighted by atomic mass is 9.75. The van der Waals surface area contributed by atoms with E-state index in [9.17, 15) is 13.2 Å². The van der Waals surface area contributed by atoms with E-state index in [1.54, 1.807) is 13.0 Å². The first-order valence-corrected chi connectivity index (χ1v) is 10.5. The highest BCUT2D eigenvalue weighted by Crippen LogP contribution is 2.37. The largest absolute Gasteiger partial charge is 0.466 e. The van der Waals surface area contributed by atoms with Gasteiger partial charge in [-0.15, -0.1) is 0 Å². The third-order valence-electron chi connectivity index (χ3n) is 4.91. The van der Waals surface area contributed by atoms with Gasteiger partial charge in [-0.1, -0.05) is 30.3 Å². The molecule has 0 N–H and O–H groups in total. The van der Waals surface area contributed by atoms with Crippen molar-refractivity contribution < 1.29 is 17.9 Å². The Kier molecular flexibility index (Phi) is 5.92. The summed E-state index contributed by atoms with van der Waals surface area (Å²) in [6, 6.07) is 12.8. The van der Waals surface area contributed by atoms with Gasteiger partial charge in [-0.2, -0.15) is 4.31 Å². The summed E-state index contributed by atoms with van der Waals surface area (Å²) in [5.74, 6) is -0.333. The zero-order valence-electron chi connectivity index (χ0n) is 15.4. The molecule has 144 valence electrons. The molecule has 27 heavy (non-hydrogen) atoms. The Balaban J connectivity index is 1.93. The number of pyridine rings is 1. The molecule has 2 aromatic rings. The molecule has 0 radical (unpaired) electrons. The number of ether oxygens (including phenoxy) is 1. The van der Waals surface area contributed by atoms with Crippen LogP contribution in [0, 0.1) is 5.41 Å². The molecule has 1 aliphatic heterocycles. The molecule has 1 aliphatic rings. The van der Waals surface area contributed by atoms with E-state index < -0.39 is 15.4 Å². The minimum Gasteiger partial charge on any atom is -0.466 e. The Morgan fingerprint density at radius 1 is 1.22 bits per heavy atom. The molecule has 1 unspecified atom stereocenters. The lowest BCUT2D eigenvalue weighted by Gasteiger charge is -2.40. The Morgan fingerprint density at radius 3 is 2.67 bits per heavy atom. The van der Waals surface area contributed by atoms with E-state index in [1.807, 2.05) is 30.3 Å². The summed E-state index contributed by atoms with van der Waals surface area (Å²) in [6.07, 6.45) is 4.53. The van der Waals surface area contributed by atoms with Crippen LogP contribution in [0.1, 0.15) is 25.3 Å². The van der Waals surface area contributed by atoms with Crippen molar-refractivity contribution in [3.8, 4) is 0 Å². The highest BCUT2D eigenvalue weighted by molar-refractivity contribution is 7.89. The van der Waals surface area contributed by atoms with Crippen LogP contribution in [0.15, 0.2) is 59.8 Å². The molecule has 1 fully saturated rings. The fourth-order valence-corrected chi connectivity index (χ4v) is 5.13. The van der Waals surface area contributed by atoms with Gasteiger partial charge >= 0.3 is 5.97 Å². The van der Waals surface area contributed by atoms with Crippen molar-refractivity contribution in [1.29, 1.82) is 0 Å². The van der Waals surface area contributed by atoms with Gasteiger partial charge in [-0.05, 0) is 43.9 Å². The van der Waals surface area contributed by atoms with Crippen molar-refractivity contribution in [1.82, 2.24) is 9.29 Å². The first-order chi connectivity index (χ1) is 13.0. The summed E-state index contributed by atoms with van der Waals surface area (Å²) >= 11 is 0. The summed E-state index contributed by atoms with van der Waals surface area (Å²) in [5, 5.41) is 0. The van der Waals surface area contributed by atoms with Crippen LogP contribution in [0.25, 0.3) is 0 Å². The number of sulfonamides is 1. The predicted octanol–water partition coefficient (Wildman–Crippen LogP) is 2.66. The highest BCUT2D eigenvalue weighted by Gasteiger charge is 2.46. The van der Waals surface area contributed by atoms with Crippen molar-refractivity contribution in [2.45, 2.75) is 31.1 Å². The number of hydrogen-bond acceptors (Lipinski definition) is 5. The Bertz CT molecular complexity index is 871. The average Bonchev–Trinajstić information content (AvgIpc) is 2.70. The molecule has 1 aromatic carbocycles. The van der Waals surface area contributed by atoms with Crippen LogP contribution in [0.5, 0.6) is 0 Å². The number of hydrogen-bond donors (Lipinski definition) is 0. The molecule has 1 atom stereocenters. The molecule has 0 bridgehead atoms. The highest BCUT2D eigenvalue weighted by atomic mass is 32.2. The van der Waals surface area contributed by atoms with E-state index >= 15 is 0 Å². The smallest absolute Gasteiger partial charge is 0.313 e. The number of aromatic nitrogens is 1. The first-order valence-electron chi connectivity index (χ1n) is 9.09. The molecule has 0 saturated carbocycles. The molecule has 1 aromatic heterocycles. The van der Waals surface area contributed by atoms with Gasteiger partial charge in [0.25, 0.3) is 0 Å². The van der Waals surface area contributed by atoms with E-state index in [4.69, 9.17) is 4.74 Å². The fraction of sp³-hybridized carbons (Fsp3) is 0.400. The molecule has 7 heteroatoms. The van der Waals surface area contributed by atoms with Crippen molar-refractivity contribution in [2.24, 2.45) is 5.41 Å². The normalized spacial score (nSPS) is 20.9. The molecule has 3 rings (SSSR count). The standard InChI is InChI=1S/C20H24N2O4S/c1-2-26-19(23)20(14-17-8-4-3-5-9-17)11-7-13-22(16-20)27(24,25)18-10-6-12-21-15-18/h3-6,8-10,12,15H,2,7,11,13-14,16H2,1H3. The average molecular weight is 388 g/mol. The van der Waals surface area contributed by atoms with Crippen LogP contribution in [-0.2, 0) is 26.0 Å². The molecular weight excluding hydrogens is 364 g/mol. The van der Waals surface area contributed by atoms with Crippen LogP contribution >= 0.6 is 0 Å². The van der Waals surface area contributed by atoms with Crippen molar-refractivity contribution >= 4 is 16.0 Å². The van der Waals surface area contributed by atoms with Crippen LogP contribution in [0.3, 0.4) is 0 Å². The SMILES string of the molecule is CCOC(=O)C1(Cc2ccccc2)CCCN(S(=O)(=O)c2cccnc2)C1. The van der Waals surface area contributed by atoms with Gasteiger partial charge in [0, 0.05) is 25.5 Å². The molecule has 6 nitrogen and oxygen atoms in total. The number of rotatable bonds is 6. The quantitative estimate of drug-likeness (QED) is 0.711. The maximum absolute atomic E-state index is 13.0. The Hall–Kier alpha value is -2.25. The number of benzene rings is 1. The van der Waals surface area contributed by atoms with E-state index in [-0.39, 0.29) is 24.0 Å². The molecule has 1 saturated heterocycles. The Morgan fingerprint density at radius 2 is 2.00 bits per heavy atom. The molecule has 2 heterocycles. The van der Waals surface area contributed by atoms with Crippen LogP contribution in [0.4, 0.5) is 0 Å². The summed E-state index contributed by atoms with van der Waals surface area (Å²) in [4.78, 5) is 16.9. The summed E-state index contributed by atoms with van der Waals surface area (Å²) in [5.41, 5.74) is 0.108. The van der Waals surface area contributed by atoms with Crippen LogP contribution in [0.2, 0.25) is 0 Å². The minimum absolute atomic E-state index is 0.109. The van der Waals surface area contributed by atoms with Crippen molar-refractivity contribution in [3.05, 3.63) is 60.4 Å². The monoisotopic (exact) mass is 388 g/mol. The number of nitrogens with zero attached hydrogens (tertiary/aromatic N) is 2. The zero-order valence-corrected chi connectivity index (χ0v) is 16.2. The summed E-state index contributed by atoms with van der Waals surface area (Å²) in [6.45, 7) is 2.52. The van der Waals surface area contributed by atoms with Crippen LogP contribution < -0.4 is 0 Å². The van der Waals surface area contributed by atoms with Gasteiger partial charge in [0.2, 0.25) is 10.0 Å². The first kappa shape index (κ1) is 19.5. The van der Waals surface area contributed by atoms with Crippen LogP contribution in [-0.4, -0.2) is 43.4 Å². The predicted molar refractivity (Wildman–Crippen MR) is 101 cm³/mol.